The average molecular weight is 273 g/mol. The van der Waals surface area contributed by atoms with Crippen molar-refractivity contribution in [3.63, 3.8) is 0 Å². The Morgan fingerprint density at radius 2 is 2.10 bits per heavy atom. The third kappa shape index (κ3) is 2.35. The molecule has 0 bridgehead atoms. The molecule has 0 saturated heterocycles. The fraction of sp³-hybridized carbons (Fsp3) is 0.467. The Hall–Kier alpha value is -2.04. The Bertz CT molecular complexity index is 642. The Morgan fingerprint density at radius 3 is 2.80 bits per heavy atom. The van der Waals surface area contributed by atoms with Crippen LogP contribution >= 0.6 is 0 Å². The zero-order chi connectivity index (χ0) is 14.1. The van der Waals surface area contributed by atoms with Crippen molar-refractivity contribution in [2.24, 2.45) is 0 Å². The number of carboxylic acid groups (broad SMARTS) is 1. The number of rotatable bonds is 3. The summed E-state index contributed by atoms with van der Waals surface area (Å²) < 4.78 is 1.84. The summed E-state index contributed by atoms with van der Waals surface area (Å²) in [6.45, 7) is -0.0355. The van der Waals surface area contributed by atoms with E-state index in [-0.39, 0.29) is 6.54 Å². The molecule has 3 rings (SSSR count). The molecule has 1 fully saturated rings. The van der Waals surface area contributed by atoms with Gasteiger partial charge in [-0.25, -0.2) is 4.98 Å². The molecule has 0 amide bonds. The van der Waals surface area contributed by atoms with Crippen molar-refractivity contribution in [1.82, 2.24) is 9.55 Å². The summed E-state index contributed by atoms with van der Waals surface area (Å²) in [6.07, 6.45) is 5.85. The number of benzene rings is 1. The predicted molar refractivity (Wildman–Crippen MR) is 77.6 cm³/mol. The number of nitrogen functional groups attached to an aromatic ring is 1. The zero-order valence-corrected chi connectivity index (χ0v) is 11.4. The van der Waals surface area contributed by atoms with Crippen molar-refractivity contribution >= 4 is 22.7 Å². The Morgan fingerprint density at radius 1 is 1.35 bits per heavy atom. The van der Waals surface area contributed by atoms with Crippen molar-refractivity contribution in [1.29, 1.82) is 0 Å². The minimum absolute atomic E-state index is 0.0355. The van der Waals surface area contributed by atoms with Crippen molar-refractivity contribution in [2.75, 3.05) is 5.73 Å². The molecule has 0 spiro atoms. The molecule has 1 heterocycles. The van der Waals surface area contributed by atoms with Crippen LogP contribution in [0.25, 0.3) is 11.0 Å². The summed E-state index contributed by atoms with van der Waals surface area (Å²) in [6, 6.07) is 5.49. The number of fused-ring (bicyclic) bond motifs is 1. The summed E-state index contributed by atoms with van der Waals surface area (Å²) in [5.41, 5.74) is 8.12. The molecule has 20 heavy (non-hydrogen) atoms. The highest BCUT2D eigenvalue weighted by Crippen LogP contribution is 2.34. The van der Waals surface area contributed by atoms with E-state index in [9.17, 15) is 4.79 Å². The number of nitrogens with two attached hydrogens (primary N) is 1. The van der Waals surface area contributed by atoms with Gasteiger partial charge in [-0.1, -0.05) is 19.3 Å². The minimum atomic E-state index is -0.835. The summed E-state index contributed by atoms with van der Waals surface area (Å²) in [5.74, 6) is 0.447. The van der Waals surface area contributed by atoms with Crippen LogP contribution in [0.3, 0.4) is 0 Å². The maximum absolute atomic E-state index is 11.1. The van der Waals surface area contributed by atoms with Crippen LogP contribution in [-0.4, -0.2) is 20.6 Å². The molecule has 0 unspecified atom stereocenters. The average Bonchev–Trinajstić information content (AvgIpc) is 2.77. The molecule has 0 aliphatic heterocycles. The first kappa shape index (κ1) is 13.0. The topological polar surface area (TPSA) is 81.1 Å². The second-order valence-electron chi connectivity index (χ2n) is 5.53. The quantitative estimate of drug-likeness (QED) is 0.842. The van der Waals surface area contributed by atoms with Crippen LogP contribution in [0.1, 0.15) is 43.8 Å². The molecule has 106 valence electrons. The van der Waals surface area contributed by atoms with Gasteiger partial charge in [0.2, 0.25) is 0 Å². The second-order valence-corrected chi connectivity index (χ2v) is 5.53. The highest BCUT2D eigenvalue weighted by atomic mass is 16.4. The van der Waals surface area contributed by atoms with E-state index in [0.29, 0.717) is 11.6 Å². The van der Waals surface area contributed by atoms with Gasteiger partial charge in [0.1, 0.15) is 12.4 Å². The van der Waals surface area contributed by atoms with Crippen molar-refractivity contribution in [2.45, 2.75) is 44.6 Å². The first-order valence-corrected chi connectivity index (χ1v) is 7.12. The van der Waals surface area contributed by atoms with Crippen LogP contribution in [0, 0.1) is 0 Å². The Balaban J connectivity index is 2.10. The normalized spacial score (nSPS) is 16.6. The van der Waals surface area contributed by atoms with Crippen LogP contribution < -0.4 is 5.73 Å². The van der Waals surface area contributed by atoms with Gasteiger partial charge in [-0.3, -0.25) is 4.79 Å². The Labute approximate surface area is 117 Å². The van der Waals surface area contributed by atoms with Crippen molar-refractivity contribution in [3.8, 4) is 0 Å². The van der Waals surface area contributed by atoms with Crippen molar-refractivity contribution < 1.29 is 9.90 Å². The van der Waals surface area contributed by atoms with E-state index in [1.165, 1.54) is 19.3 Å². The SMILES string of the molecule is Nc1ccc2c(c1)nc(C1CCCCC1)n2CC(=O)O. The lowest BCUT2D eigenvalue weighted by molar-refractivity contribution is -0.137. The first-order chi connectivity index (χ1) is 9.65. The van der Waals surface area contributed by atoms with Gasteiger partial charge >= 0.3 is 5.97 Å². The van der Waals surface area contributed by atoms with E-state index < -0.39 is 5.97 Å². The molecule has 2 aromatic rings. The molecule has 1 saturated carbocycles. The predicted octanol–water partition coefficient (Wildman–Crippen LogP) is 2.75. The first-order valence-electron chi connectivity index (χ1n) is 7.12. The highest BCUT2D eigenvalue weighted by molar-refractivity contribution is 5.81. The molecule has 5 nitrogen and oxygen atoms in total. The molecule has 0 radical (unpaired) electrons. The van der Waals surface area contributed by atoms with Gasteiger partial charge in [0.15, 0.2) is 0 Å². The maximum Gasteiger partial charge on any atom is 0.323 e. The van der Waals surface area contributed by atoms with Crippen LogP contribution in [0.4, 0.5) is 5.69 Å². The van der Waals surface area contributed by atoms with Crippen LogP contribution in [-0.2, 0) is 11.3 Å². The van der Waals surface area contributed by atoms with Gasteiger partial charge in [0.25, 0.3) is 0 Å². The largest absolute Gasteiger partial charge is 0.480 e. The van der Waals surface area contributed by atoms with Gasteiger partial charge in [0, 0.05) is 11.6 Å². The number of hydrogen-bond acceptors (Lipinski definition) is 3. The van der Waals surface area contributed by atoms with Crippen molar-refractivity contribution in [3.05, 3.63) is 24.0 Å². The molecule has 0 atom stereocenters. The van der Waals surface area contributed by atoms with Gasteiger partial charge in [0.05, 0.1) is 11.0 Å². The molecular weight excluding hydrogens is 254 g/mol. The fourth-order valence-electron chi connectivity index (χ4n) is 3.14. The lowest BCUT2D eigenvalue weighted by atomic mass is 9.88. The number of carboxylic acids is 1. The monoisotopic (exact) mass is 273 g/mol. The third-order valence-electron chi connectivity index (χ3n) is 4.07. The number of imidazole rings is 1. The smallest absolute Gasteiger partial charge is 0.323 e. The number of nitrogens with zero attached hydrogens (tertiary/aromatic N) is 2. The molecular formula is C15H19N3O2. The molecule has 1 aromatic heterocycles. The fourth-order valence-corrected chi connectivity index (χ4v) is 3.14. The molecule has 1 aliphatic rings. The number of aliphatic carboxylic acids is 1. The van der Waals surface area contributed by atoms with Crippen LogP contribution in [0.2, 0.25) is 0 Å². The summed E-state index contributed by atoms with van der Waals surface area (Å²) in [4.78, 5) is 15.8. The van der Waals surface area contributed by atoms with Gasteiger partial charge in [-0.15, -0.1) is 0 Å². The molecule has 3 N–H and O–H groups in total. The minimum Gasteiger partial charge on any atom is -0.480 e. The van der Waals surface area contributed by atoms with Crippen LogP contribution in [0.15, 0.2) is 18.2 Å². The standard InChI is InChI=1S/C15H19N3O2/c16-11-6-7-13-12(8-11)17-15(18(13)9-14(19)20)10-4-2-1-3-5-10/h6-8,10H,1-5,9,16H2,(H,19,20). The lowest BCUT2D eigenvalue weighted by Gasteiger charge is -2.21. The van der Waals surface area contributed by atoms with E-state index in [2.05, 4.69) is 4.98 Å². The van der Waals surface area contributed by atoms with E-state index in [0.717, 1.165) is 29.7 Å². The van der Waals surface area contributed by atoms with E-state index in [1.54, 1.807) is 6.07 Å². The Kier molecular flexibility index (Phi) is 3.34. The van der Waals surface area contributed by atoms with Crippen LogP contribution in [0.5, 0.6) is 0 Å². The van der Waals surface area contributed by atoms with E-state index in [4.69, 9.17) is 10.8 Å². The van der Waals surface area contributed by atoms with E-state index in [1.807, 2.05) is 16.7 Å². The molecule has 1 aromatic carbocycles. The number of carbonyl (C=O) groups is 1. The number of aromatic nitrogens is 2. The van der Waals surface area contributed by atoms with E-state index >= 15 is 0 Å². The maximum atomic E-state index is 11.1. The summed E-state index contributed by atoms with van der Waals surface area (Å²) in [5, 5.41) is 9.15. The summed E-state index contributed by atoms with van der Waals surface area (Å²) >= 11 is 0. The van der Waals surface area contributed by atoms with Gasteiger partial charge in [-0.05, 0) is 31.0 Å². The lowest BCUT2D eigenvalue weighted by Crippen LogP contribution is -2.16. The zero-order valence-electron chi connectivity index (χ0n) is 11.4. The van der Waals surface area contributed by atoms with Gasteiger partial charge in [-0.2, -0.15) is 0 Å². The number of anilines is 1. The summed E-state index contributed by atoms with van der Waals surface area (Å²) in [7, 11) is 0. The highest BCUT2D eigenvalue weighted by Gasteiger charge is 2.23. The molecule has 1 aliphatic carbocycles. The third-order valence-corrected chi connectivity index (χ3v) is 4.07. The molecule has 5 heteroatoms. The number of hydrogen-bond donors (Lipinski definition) is 2. The second kappa shape index (κ2) is 5.15. The van der Waals surface area contributed by atoms with Gasteiger partial charge < -0.3 is 15.4 Å².